The van der Waals surface area contributed by atoms with Crippen LogP contribution in [0, 0.1) is 12.7 Å². The molecule has 0 saturated heterocycles. The van der Waals surface area contributed by atoms with Crippen molar-refractivity contribution in [1.82, 2.24) is 5.32 Å². The summed E-state index contributed by atoms with van der Waals surface area (Å²) in [5, 5.41) is 6.67. The van der Waals surface area contributed by atoms with Crippen molar-refractivity contribution in [3.63, 3.8) is 0 Å². The minimum atomic E-state index is -0.294. The summed E-state index contributed by atoms with van der Waals surface area (Å²) < 4.78 is 13.5. The highest BCUT2D eigenvalue weighted by Gasteiger charge is 2.22. The zero-order chi connectivity index (χ0) is 14.7. The zero-order valence-electron chi connectivity index (χ0n) is 11.3. The molecule has 2 rings (SSSR count). The maximum Gasteiger partial charge on any atom is 0.123 e. The van der Waals surface area contributed by atoms with E-state index in [0.717, 1.165) is 34.0 Å². The summed E-state index contributed by atoms with van der Waals surface area (Å²) >= 11 is 14.2. The lowest BCUT2D eigenvalue weighted by atomic mass is 10.0. The van der Waals surface area contributed by atoms with Gasteiger partial charge in [-0.25, -0.2) is 4.39 Å². The fourth-order valence-corrected chi connectivity index (χ4v) is 3.63. The van der Waals surface area contributed by atoms with Crippen LogP contribution in [0.5, 0.6) is 0 Å². The standard InChI is InChI=1S/C15H16Cl2FNS/c1-3-6-19-14(15-13(17)9(2)8-20-15)11-7-10(18)4-5-12(11)16/h4-5,7-8,14,19H,3,6H2,1-2H3. The van der Waals surface area contributed by atoms with E-state index in [9.17, 15) is 4.39 Å². The molecule has 0 aliphatic heterocycles. The van der Waals surface area contributed by atoms with Crippen LogP contribution in [0.2, 0.25) is 10.0 Å². The summed E-state index contributed by atoms with van der Waals surface area (Å²) in [6.07, 6.45) is 0.978. The van der Waals surface area contributed by atoms with Crippen molar-refractivity contribution in [2.45, 2.75) is 26.3 Å². The van der Waals surface area contributed by atoms with Gasteiger partial charge in [0.2, 0.25) is 0 Å². The average molecular weight is 332 g/mol. The summed E-state index contributed by atoms with van der Waals surface area (Å²) in [5.74, 6) is -0.294. The summed E-state index contributed by atoms with van der Waals surface area (Å²) in [4.78, 5) is 0.977. The van der Waals surface area contributed by atoms with Gasteiger partial charge in [0.25, 0.3) is 0 Å². The molecule has 0 bridgehead atoms. The lowest BCUT2D eigenvalue weighted by molar-refractivity contribution is 0.591. The van der Waals surface area contributed by atoms with Crippen LogP contribution in [-0.2, 0) is 0 Å². The van der Waals surface area contributed by atoms with Crippen molar-refractivity contribution < 1.29 is 4.39 Å². The van der Waals surface area contributed by atoms with Crippen LogP contribution in [0.1, 0.15) is 35.4 Å². The molecule has 0 aliphatic carbocycles. The Hall–Kier alpha value is -0.610. The van der Waals surface area contributed by atoms with E-state index in [-0.39, 0.29) is 11.9 Å². The third-order valence-corrected chi connectivity index (χ3v) is 5.18. The van der Waals surface area contributed by atoms with Gasteiger partial charge in [-0.05, 0) is 54.6 Å². The number of aryl methyl sites for hydroxylation is 1. The fourth-order valence-electron chi connectivity index (χ4n) is 2.01. The minimum absolute atomic E-state index is 0.177. The molecule has 1 aromatic carbocycles. The van der Waals surface area contributed by atoms with Crippen molar-refractivity contribution in [3.8, 4) is 0 Å². The van der Waals surface area contributed by atoms with Crippen LogP contribution < -0.4 is 5.32 Å². The first-order valence-electron chi connectivity index (χ1n) is 6.46. The van der Waals surface area contributed by atoms with Crippen LogP contribution in [0.15, 0.2) is 23.6 Å². The number of halogens is 3. The maximum absolute atomic E-state index is 13.5. The van der Waals surface area contributed by atoms with E-state index >= 15 is 0 Å². The van der Waals surface area contributed by atoms with Crippen molar-refractivity contribution in [2.75, 3.05) is 6.54 Å². The average Bonchev–Trinajstić information content (AvgIpc) is 2.75. The first-order chi connectivity index (χ1) is 9.54. The molecular weight excluding hydrogens is 316 g/mol. The van der Waals surface area contributed by atoms with Gasteiger partial charge in [0.15, 0.2) is 0 Å². The van der Waals surface area contributed by atoms with Gasteiger partial charge in [-0.3, -0.25) is 0 Å². The number of thiophene rings is 1. The Labute approximate surface area is 132 Å². The second-order valence-corrected chi connectivity index (χ2v) is 6.35. The molecule has 0 aliphatic rings. The zero-order valence-corrected chi connectivity index (χ0v) is 13.7. The van der Waals surface area contributed by atoms with Gasteiger partial charge >= 0.3 is 0 Å². The highest BCUT2D eigenvalue weighted by molar-refractivity contribution is 7.10. The quantitative estimate of drug-likeness (QED) is 0.752. The van der Waals surface area contributed by atoms with Crippen molar-refractivity contribution in [1.29, 1.82) is 0 Å². The Bertz CT molecular complexity index is 598. The summed E-state index contributed by atoms with van der Waals surface area (Å²) in [6, 6.07) is 4.25. The van der Waals surface area contributed by atoms with Gasteiger partial charge in [-0.2, -0.15) is 0 Å². The molecule has 0 amide bonds. The largest absolute Gasteiger partial charge is 0.306 e. The lowest BCUT2D eigenvalue weighted by Gasteiger charge is -2.20. The van der Waals surface area contributed by atoms with Gasteiger partial charge in [-0.15, -0.1) is 11.3 Å². The molecule has 1 nitrogen and oxygen atoms in total. The fraction of sp³-hybridized carbons (Fsp3) is 0.333. The van der Waals surface area contributed by atoms with E-state index < -0.39 is 0 Å². The Morgan fingerprint density at radius 2 is 2.10 bits per heavy atom. The highest BCUT2D eigenvalue weighted by atomic mass is 35.5. The summed E-state index contributed by atoms with van der Waals surface area (Å²) in [6.45, 7) is 4.86. The maximum atomic E-state index is 13.5. The van der Waals surface area contributed by atoms with Gasteiger partial charge in [0.1, 0.15) is 5.82 Å². The second-order valence-electron chi connectivity index (χ2n) is 4.65. The molecular formula is C15H16Cl2FNS. The number of rotatable bonds is 5. The van der Waals surface area contributed by atoms with Crippen molar-refractivity contribution >= 4 is 34.5 Å². The van der Waals surface area contributed by atoms with Gasteiger partial charge in [-0.1, -0.05) is 30.1 Å². The van der Waals surface area contributed by atoms with E-state index in [1.165, 1.54) is 12.1 Å². The number of nitrogens with one attached hydrogen (secondary N) is 1. The minimum Gasteiger partial charge on any atom is -0.306 e. The molecule has 1 aromatic heterocycles. The Balaban J connectivity index is 2.47. The Morgan fingerprint density at radius 3 is 2.70 bits per heavy atom. The normalized spacial score (nSPS) is 12.7. The molecule has 2 aromatic rings. The number of hydrogen-bond donors (Lipinski definition) is 1. The smallest absolute Gasteiger partial charge is 0.123 e. The second kappa shape index (κ2) is 6.90. The number of hydrogen-bond acceptors (Lipinski definition) is 2. The van der Waals surface area contributed by atoms with E-state index in [1.54, 1.807) is 17.4 Å². The molecule has 0 radical (unpaired) electrons. The molecule has 20 heavy (non-hydrogen) atoms. The molecule has 5 heteroatoms. The first kappa shape index (κ1) is 15.8. The van der Waals surface area contributed by atoms with Crippen LogP contribution in [0.25, 0.3) is 0 Å². The molecule has 1 unspecified atom stereocenters. The third-order valence-electron chi connectivity index (χ3n) is 3.05. The Morgan fingerprint density at radius 1 is 1.35 bits per heavy atom. The van der Waals surface area contributed by atoms with Crippen LogP contribution in [0.3, 0.4) is 0 Å². The van der Waals surface area contributed by atoms with Crippen molar-refractivity contribution in [2.24, 2.45) is 0 Å². The summed E-state index contributed by atoms with van der Waals surface area (Å²) in [5.41, 5.74) is 1.76. The van der Waals surface area contributed by atoms with E-state index in [1.807, 2.05) is 12.3 Å². The van der Waals surface area contributed by atoms with E-state index in [4.69, 9.17) is 23.2 Å². The molecule has 1 heterocycles. The predicted octanol–water partition coefficient (Wildman–Crippen LogP) is 5.59. The van der Waals surface area contributed by atoms with E-state index in [2.05, 4.69) is 12.2 Å². The van der Waals surface area contributed by atoms with E-state index in [0.29, 0.717) is 5.02 Å². The SMILES string of the molecule is CCCNC(c1cc(F)ccc1Cl)c1scc(C)c1Cl. The van der Waals surface area contributed by atoms with Crippen LogP contribution in [0.4, 0.5) is 4.39 Å². The molecule has 1 N–H and O–H groups in total. The first-order valence-corrected chi connectivity index (χ1v) is 8.10. The van der Waals surface area contributed by atoms with Crippen LogP contribution in [-0.4, -0.2) is 6.54 Å². The Kier molecular flexibility index (Phi) is 5.44. The number of benzene rings is 1. The monoisotopic (exact) mass is 331 g/mol. The van der Waals surface area contributed by atoms with Crippen molar-refractivity contribution in [3.05, 3.63) is 55.4 Å². The molecule has 108 valence electrons. The molecule has 0 spiro atoms. The van der Waals surface area contributed by atoms with Crippen LogP contribution >= 0.6 is 34.5 Å². The van der Waals surface area contributed by atoms with Gasteiger partial charge in [0, 0.05) is 9.90 Å². The van der Waals surface area contributed by atoms with Gasteiger partial charge in [0.05, 0.1) is 11.1 Å². The lowest BCUT2D eigenvalue weighted by Crippen LogP contribution is -2.23. The molecule has 0 fully saturated rings. The molecule has 0 saturated carbocycles. The third kappa shape index (κ3) is 3.34. The topological polar surface area (TPSA) is 12.0 Å². The molecule has 1 atom stereocenters. The summed E-state index contributed by atoms with van der Waals surface area (Å²) in [7, 11) is 0. The predicted molar refractivity (Wildman–Crippen MR) is 85.6 cm³/mol. The highest BCUT2D eigenvalue weighted by Crippen LogP contribution is 2.38. The van der Waals surface area contributed by atoms with Gasteiger partial charge < -0.3 is 5.32 Å².